The summed E-state index contributed by atoms with van der Waals surface area (Å²) in [5.74, 6) is -2.88. The van der Waals surface area contributed by atoms with Gasteiger partial charge in [-0.25, -0.2) is 4.79 Å². The molecule has 9 nitrogen and oxygen atoms in total. The van der Waals surface area contributed by atoms with Gasteiger partial charge in [-0.3, -0.25) is 14.4 Å². The first kappa shape index (κ1) is 20.8. The Morgan fingerprint density at radius 3 is 1.87 bits per heavy atom. The summed E-state index contributed by atoms with van der Waals surface area (Å²) in [4.78, 5) is 45.9. The van der Waals surface area contributed by atoms with Gasteiger partial charge in [0.1, 0.15) is 18.1 Å². The summed E-state index contributed by atoms with van der Waals surface area (Å²) in [6.07, 6.45) is 0.397. The van der Waals surface area contributed by atoms with Crippen molar-refractivity contribution in [2.75, 3.05) is 6.61 Å². The quantitative estimate of drug-likeness (QED) is 0.351. The Morgan fingerprint density at radius 2 is 1.48 bits per heavy atom. The van der Waals surface area contributed by atoms with Gasteiger partial charge in [-0.15, -0.1) is 0 Å². The molecule has 3 unspecified atom stereocenters. The maximum absolute atomic E-state index is 12.1. The first-order valence-corrected chi connectivity index (χ1v) is 7.30. The Bertz CT molecular complexity index is 452. The summed E-state index contributed by atoms with van der Waals surface area (Å²) in [7, 11) is 0. The van der Waals surface area contributed by atoms with E-state index in [2.05, 4.69) is 16.0 Å². The zero-order chi connectivity index (χ0) is 18.2. The maximum Gasteiger partial charge on any atom is 0.328 e. The standard InChI is InChI=1S/C14H25N3O6/c1-7(2)5-10(16-9(4)19)13(21)15-8(3)12(20)17-11(6-18)14(22)23/h7-8,10-11,18H,5-6H2,1-4H3,(H,15,21)(H,16,19)(H,17,20)(H,22,23). The van der Waals surface area contributed by atoms with Crippen LogP contribution in [0.4, 0.5) is 0 Å². The molecule has 0 bridgehead atoms. The largest absolute Gasteiger partial charge is 0.480 e. The molecular formula is C14H25N3O6. The third-order valence-electron chi connectivity index (χ3n) is 2.95. The monoisotopic (exact) mass is 331 g/mol. The van der Waals surface area contributed by atoms with Crippen molar-refractivity contribution in [3.63, 3.8) is 0 Å². The number of aliphatic hydroxyl groups excluding tert-OH is 1. The minimum atomic E-state index is -1.44. The van der Waals surface area contributed by atoms with E-state index in [4.69, 9.17) is 10.2 Å². The van der Waals surface area contributed by atoms with Gasteiger partial charge in [0.15, 0.2) is 0 Å². The van der Waals surface area contributed by atoms with E-state index >= 15 is 0 Å². The number of carboxylic acid groups (broad SMARTS) is 1. The minimum Gasteiger partial charge on any atom is -0.480 e. The number of hydrogen-bond acceptors (Lipinski definition) is 5. The molecule has 0 rings (SSSR count). The molecule has 0 heterocycles. The lowest BCUT2D eigenvalue weighted by Gasteiger charge is -2.22. The minimum absolute atomic E-state index is 0.146. The molecule has 3 atom stereocenters. The van der Waals surface area contributed by atoms with Crippen LogP contribution >= 0.6 is 0 Å². The number of rotatable bonds is 9. The Balaban J connectivity index is 4.73. The summed E-state index contributed by atoms with van der Waals surface area (Å²) in [6.45, 7) is 5.68. The molecule has 0 aliphatic heterocycles. The third-order valence-corrected chi connectivity index (χ3v) is 2.95. The molecule has 0 aliphatic carbocycles. The topological polar surface area (TPSA) is 145 Å². The van der Waals surface area contributed by atoms with Crippen LogP contribution < -0.4 is 16.0 Å². The molecular weight excluding hydrogens is 306 g/mol. The van der Waals surface area contributed by atoms with Crippen molar-refractivity contribution in [3.8, 4) is 0 Å². The molecule has 5 N–H and O–H groups in total. The lowest BCUT2D eigenvalue weighted by Crippen LogP contribution is -2.55. The van der Waals surface area contributed by atoms with Crippen molar-refractivity contribution in [2.24, 2.45) is 5.92 Å². The molecule has 0 spiro atoms. The summed E-state index contributed by atoms with van der Waals surface area (Å²) in [5.41, 5.74) is 0. The van der Waals surface area contributed by atoms with Crippen molar-refractivity contribution in [1.29, 1.82) is 0 Å². The third kappa shape index (κ3) is 8.15. The van der Waals surface area contributed by atoms with Crippen LogP contribution in [-0.2, 0) is 19.2 Å². The van der Waals surface area contributed by atoms with E-state index in [1.165, 1.54) is 13.8 Å². The van der Waals surface area contributed by atoms with Crippen LogP contribution in [0.15, 0.2) is 0 Å². The molecule has 0 aliphatic rings. The van der Waals surface area contributed by atoms with E-state index in [0.29, 0.717) is 6.42 Å². The summed E-state index contributed by atoms with van der Waals surface area (Å²) >= 11 is 0. The molecule has 0 saturated carbocycles. The van der Waals surface area contributed by atoms with E-state index in [9.17, 15) is 19.2 Å². The molecule has 0 aromatic rings. The highest BCUT2D eigenvalue weighted by Gasteiger charge is 2.26. The summed E-state index contributed by atoms with van der Waals surface area (Å²) in [6, 6.07) is -3.24. The van der Waals surface area contributed by atoms with E-state index in [-0.39, 0.29) is 11.8 Å². The second-order valence-electron chi connectivity index (χ2n) is 5.69. The van der Waals surface area contributed by atoms with Gasteiger partial charge >= 0.3 is 5.97 Å². The van der Waals surface area contributed by atoms with Crippen LogP contribution in [0.25, 0.3) is 0 Å². The number of carbonyl (C=O) groups excluding carboxylic acids is 3. The van der Waals surface area contributed by atoms with Gasteiger partial charge in [-0.2, -0.15) is 0 Å². The van der Waals surface area contributed by atoms with Crippen molar-refractivity contribution < 1.29 is 29.4 Å². The van der Waals surface area contributed by atoms with E-state index < -0.39 is 42.5 Å². The van der Waals surface area contributed by atoms with Gasteiger partial charge in [0.25, 0.3) is 0 Å². The number of hydrogen-bond donors (Lipinski definition) is 5. The molecule has 0 fully saturated rings. The van der Waals surface area contributed by atoms with E-state index in [1.54, 1.807) is 0 Å². The summed E-state index contributed by atoms with van der Waals surface area (Å²) in [5, 5.41) is 24.7. The first-order chi connectivity index (χ1) is 10.6. The van der Waals surface area contributed by atoms with Gasteiger partial charge in [-0.1, -0.05) is 13.8 Å². The van der Waals surface area contributed by atoms with Crippen LogP contribution in [0, 0.1) is 5.92 Å². The predicted octanol–water partition coefficient (Wildman–Crippen LogP) is -1.40. The first-order valence-electron chi connectivity index (χ1n) is 7.30. The van der Waals surface area contributed by atoms with Crippen molar-refractivity contribution in [2.45, 2.75) is 52.2 Å². The molecule has 0 saturated heterocycles. The SMILES string of the molecule is CC(=O)NC(CC(C)C)C(=O)NC(C)C(=O)NC(CO)C(=O)O. The average Bonchev–Trinajstić information content (AvgIpc) is 2.41. The van der Waals surface area contributed by atoms with Crippen LogP contribution in [0.2, 0.25) is 0 Å². The Labute approximate surface area is 134 Å². The second-order valence-corrected chi connectivity index (χ2v) is 5.69. The molecule has 0 aromatic carbocycles. The number of aliphatic hydroxyl groups is 1. The lowest BCUT2D eigenvalue weighted by atomic mass is 10.0. The maximum atomic E-state index is 12.1. The van der Waals surface area contributed by atoms with Crippen molar-refractivity contribution >= 4 is 23.7 Å². The number of aliphatic carboxylic acids is 1. The second kappa shape index (κ2) is 9.78. The molecule has 3 amide bonds. The predicted molar refractivity (Wildman–Crippen MR) is 81.3 cm³/mol. The zero-order valence-corrected chi connectivity index (χ0v) is 13.8. The highest BCUT2D eigenvalue weighted by Crippen LogP contribution is 2.05. The zero-order valence-electron chi connectivity index (χ0n) is 13.8. The molecule has 0 radical (unpaired) electrons. The smallest absolute Gasteiger partial charge is 0.328 e. The number of carboxylic acids is 1. The van der Waals surface area contributed by atoms with Gasteiger partial charge in [-0.05, 0) is 19.3 Å². The van der Waals surface area contributed by atoms with Crippen molar-refractivity contribution in [3.05, 3.63) is 0 Å². The Kier molecular flexibility index (Phi) is 8.86. The van der Waals surface area contributed by atoms with Crippen molar-refractivity contribution in [1.82, 2.24) is 16.0 Å². The number of nitrogens with one attached hydrogen (secondary N) is 3. The fraction of sp³-hybridized carbons (Fsp3) is 0.714. The van der Waals surface area contributed by atoms with Gasteiger partial charge in [0.2, 0.25) is 17.7 Å². The molecule has 23 heavy (non-hydrogen) atoms. The molecule has 132 valence electrons. The highest BCUT2D eigenvalue weighted by atomic mass is 16.4. The summed E-state index contributed by atoms with van der Waals surface area (Å²) < 4.78 is 0. The van der Waals surface area contributed by atoms with Crippen LogP contribution in [0.3, 0.4) is 0 Å². The lowest BCUT2D eigenvalue weighted by molar-refractivity contribution is -0.143. The van der Waals surface area contributed by atoms with Crippen LogP contribution in [0.5, 0.6) is 0 Å². The average molecular weight is 331 g/mol. The fourth-order valence-electron chi connectivity index (χ4n) is 1.81. The Hall–Kier alpha value is -2.16. The molecule has 9 heteroatoms. The molecule has 0 aromatic heterocycles. The number of amides is 3. The van der Waals surface area contributed by atoms with Crippen LogP contribution in [-0.4, -0.2) is 58.6 Å². The van der Waals surface area contributed by atoms with Gasteiger partial charge in [0.05, 0.1) is 6.61 Å². The fourth-order valence-corrected chi connectivity index (χ4v) is 1.81. The van der Waals surface area contributed by atoms with Gasteiger partial charge < -0.3 is 26.2 Å². The highest BCUT2D eigenvalue weighted by molar-refractivity contribution is 5.92. The van der Waals surface area contributed by atoms with E-state index in [0.717, 1.165) is 0 Å². The van der Waals surface area contributed by atoms with E-state index in [1.807, 2.05) is 13.8 Å². The van der Waals surface area contributed by atoms with Crippen LogP contribution in [0.1, 0.15) is 34.1 Å². The normalized spacial score (nSPS) is 14.5. The Morgan fingerprint density at radius 1 is 0.913 bits per heavy atom. The number of carbonyl (C=O) groups is 4. The van der Waals surface area contributed by atoms with Gasteiger partial charge in [0, 0.05) is 6.92 Å².